The Labute approximate surface area is 90.5 Å². The van der Waals surface area contributed by atoms with Gasteiger partial charge in [0.05, 0.1) is 31.1 Å². The van der Waals surface area contributed by atoms with E-state index in [0.717, 1.165) is 0 Å². The maximum absolute atomic E-state index is 10.0. The monoisotopic (exact) mass is 216 g/mol. The smallest absolute Gasteiger partial charge is 0.220 e. The summed E-state index contributed by atoms with van der Waals surface area (Å²) in [5.74, 6) is -0.445. The van der Waals surface area contributed by atoms with Gasteiger partial charge in [-0.15, -0.1) is 0 Å². The van der Waals surface area contributed by atoms with Gasteiger partial charge in [0.25, 0.3) is 0 Å². The molecule has 0 bridgehead atoms. The summed E-state index contributed by atoms with van der Waals surface area (Å²) in [6, 6.07) is 1.87. The summed E-state index contributed by atoms with van der Waals surface area (Å²) in [7, 11) is 0. The van der Waals surface area contributed by atoms with E-state index in [0.29, 0.717) is 12.8 Å². The molecule has 0 saturated carbocycles. The molecular weight excluding hydrogens is 196 g/mol. The average Bonchev–Trinajstić information content (AvgIpc) is 2.18. The number of hydrogen-bond acceptors (Lipinski definition) is 4. The van der Waals surface area contributed by atoms with E-state index >= 15 is 0 Å². The standard InChI is InChI=1S/C5H11NO2.C5H9NO/c1-2-4(7)3-5(6)8;1-2-5(7)3-4-6/h4,7H,2-3H2,1H3,(H2,6,8);5,7H,2-3H2,1H3. The zero-order chi connectivity index (χ0) is 12.3. The number of carbonyl (C=O) groups excluding carboxylic acids is 1. The molecule has 2 unspecified atom stereocenters. The fraction of sp³-hybridized carbons (Fsp3) is 0.800. The summed E-state index contributed by atoms with van der Waals surface area (Å²) >= 11 is 0. The van der Waals surface area contributed by atoms with Crippen LogP contribution >= 0.6 is 0 Å². The Balaban J connectivity index is 0. The number of aliphatic hydroxyl groups is 2. The van der Waals surface area contributed by atoms with E-state index < -0.39 is 18.1 Å². The second kappa shape index (κ2) is 11.0. The van der Waals surface area contributed by atoms with Crippen molar-refractivity contribution in [2.75, 3.05) is 0 Å². The quantitative estimate of drug-likeness (QED) is 0.614. The van der Waals surface area contributed by atoms with Gasteiger partial charge in [-0.25, -0.2) is 0 Å². The van der Waals surface area contributed by atoms with Crippen LogP contribution in [0.15, 0.2) is 0 Å². The van der Waals surface area contributed by atoms with Crippen LogP contribution in [0.3, 0.4) is 0 Å². The molecule has 0 aromatic carbocycles. The van der Waals surface area contributed by atoms with E-state index in [4.69, 9.17) is 21.2 Å². The minimum atomic E-state index is -0.549. The van der Waals surface area contributed by atoms with E-state index in [9.17, 15) is 4.79 Å². The molecule has 0 aromatic heterocycles. The number of carbonyl (C=O) groups is 1. The minimum Gasteiger partial charge on any atom is -0.393 e. The van der Waals surface area contributed by atoms with Gasteiger partial charge in [-0.05, 0) is 12.8 Å². The van der Waals surface area contributed by atoms with Gasteiger partial charge in [-0.2, -0.15) is 5.26 Å². The van der Waals surface area contributed by atoms with Crippen LogP contribution in [0, 0.1) is 11.3 Å². The molecule has 5 heteroatoms. The van der Waals surface area contributed by atoms with Crippen molar-refractivity contribution in [2.24, 2.45) is 5.73 Å². The van der Waals surface area contributed by atoms with Crippen molar-refractivity contribution in [1.82, 2.24) is 0 Å². The van der Waals surface area contributed by atoms with Gasteiger partial charge in [-0.1, -0.05) is 13.8 Å². The van der Waals surface area contributed by atoms with Crippen LogP contribution < -0.4 is 5.73 Å². The summed E-state index contributed by atoms with van der Waals surface area (Å²) in [6.45, 7) is 3.65. The van der Waals surface area contributed by atoms with Gasteiger partial charge in [0.2, 0.25) is 5.91 Å². The van der Waals surface area contributed by atoms with Gasteiger partial charge >= 0.3 is 0 Å². The lowest BCUT2D eigenvalue weighted by Crippen LogP contribution is -2.18. The Bertz CT molecular complexity index is 201. The topological polar surface area (TPSA) is 107 Å². The lowest BCUT2D eigenvalue weighted by atomic mass is 10.2. The second-order valence-electron chi connectivity index (χ2n) is 3.16. The first-order chi connectivity index (χ1) is 6.97. The molecular formula is C10H20N2O3. The molecule has 0 radical (unpaired) electrons. The highest BCUT2D eigenvalue weighted by Gasteiger charge is 2.02. The van der Waals surface area contributed by atoms with Crippen LogP contribution in [-0.4, -0.2) is 28.3 Å². The van der Waals surface area contributed by atoms with E-state index in [1.165, 1.54) is 0 Å². The molecule has 15 heavy (non-hydrogen) atoms. The van der Waals surface area contributed by atoms with E-state index in [1.54, 1.807) is 6.92 Å². The molecule has 0 heterocycles. The summed E-state index contributed by atoms with van der Waals surface area (Å²) in [5, 5.41) is 25.3. The highest BCUT2D eigenvalue weighted by molar-refractivity contribution is 5.74. The Morgan fingerprint density at radius 2 is 1.80 bits per heavy atom. The first-order valence-electron chi connectivity index (χ1n) is 4.99. The van der Waals surface area contributed by atoms with Crippen molar-refractivity contribution in [3.63, 3.8) is 0 Å². The number of nitrogens with zero attached hydrogens (tertiary/aromatic N) is 1. The van der Waals surface area contributed by atoms with Gasteiger partial charge in [0.1, 0.15) is 0 Å². The summed E-state index contributed by atoms with van der Waals surface area (Å²) in [6.07, 6.45) is 0.640. The number of hydrogen-bond donors (Lipinski definition) is 3. The fourth-order valence-electron chi connectivity index (χ4n) is 0.626. The minimum absolute atomic E-state index is 0.0799. The molecule has 5 nitrogen and oxygen atoms in total. The molecule has 0 rings (SSSR count). The lowest BCUT2D eigenvalue weighted by molar-refractivity contribution is -0.119. The third-order valence-corrected chi connectivity index (χ3v) is 1.71. The number of aliphatic hydroxyl groups excluding tert-OH is 2. The molecule has 0 aromatic rings. The fourth-order valence-corrected chi connectivity index (χ4v) is 0.626. The van der Waals surface area contributed by atoms with Crippen LogP contribution in [0.25, 0.3) is 0 Å². The van der Waals surface area contributed by atoms with Gasteiger partial charge < -0.3 is 15.9 Å². The molecule has 0 aliphatic carbocycles. The largest absolute Gasteiger partial charge is 0.393 e. The number of nitriles is 1. The van der Waals surface area contributed by atoms with Gasteiger partial charge in [0, 0.05) is 0 Å². The Kier molecular flexibility index (Phi) is 11.9. The average molecular weight is 216 g/mol. The predicted molar refractivity (Wildman–Crippen MR) is 56.6 cm³/mol. The first-order valence-corrected chi connectivity index (χ1v) is 4.99. The van der Waals surface area contributed by atoms with Crippen molar-refractivity contribution < 1.29 is 15.0 Å². The molecule has 0 aliphatic rings. The number of nitrogens with two attached hydrogens (primary N) is 1. The van der Waals surface area contributed by atoms with E-state index in [-0.39, 0.29) is 12.8 Å². The molecule has 0 saturated heterocycles. The Morgan fingerprint density at radius 3 is 1.93 bits per heavy atom. The number of primary amides is 1. The Hall–Kier alpha value is -1.12. The third kappa shape index (κ3) is 15.6. The van der Waals surface area contributed by atoms with Crippen LogP contribution in [0.2, 0.25) is 0 Å². The van der Waals surface area contributed by atoms with Crippen molar-refractivity contribution in [2.45, 2.75) is 51.7 Å². The molecule has 4 N–H and O–H groups in total. The molecule has 88 valence electrons. The summed E-state index contributed by atoms with van der Waals surface area (Å²) in [5.41, 5.74) is 4.77. The molecule has 0 fully saturated rings. The van der Waals surface area contributed by atoms with E-state index in [1.807, 2.05) is 13.0 Å². The number of amides is 1. The van der Waals surface area contributed by atoms with Gasteiger partial charge in [-0.3, -0.25) is 4.79 Å². The number of rotatable bonds is 5. The second-order valence-corrected chi connectivity index (χ2v) is 3.16. The maximum Gasteiger partial charge on any atom is 0.220 e. The van der Waals surface area contributed by atoms with Crippen LogP contribution in [0.1, 0.15) is 39.5 Å². The maximum atomic E-state index is 10.0. The van der Waals surface area contributed by atoms with Crippen molar-refractivity contribution >= 4 is 5.91 Å². The van der Waals surface area contributed by atoms with Crippen LogP contribution in [0.4, 0.5) is 0 Å². The summed E-state index contributed by atoms with van der Waals surface area (Å²) in [4.78, 5) is 10.0. The predicted octanol–water partition coefficient (Wildman–Crippen LogP) is 0.304. The highest BCUT2D eigenvalue weighted by atomic mass is 16.3. The SMILES string of the molecule is CCC(O)CC#N.CCC(O)CC(N)=O. The summed E-state index contributed by atoms with van der Waals surface area (Å²) < 4.78 is 0. The first kappa shape index (κ1) is 16.3. The highest BCUT2D eigenvalue weighted by Crippen LogP contribution is 1.93. The molecule has 2 atom stereocenters. The zero-order valence-corrected chi connectivity index (χ0v) is 9.31. The van der Waals surface area contributed by atoms with Gasteiger partial charge in [0.15, 0.2) is 0 Å². The Morgan fingerprint density at radius 1 is 1.33 bits per heavy atom. The zero-order valence-electron chi connectivity index (χ0n) is 9.31. The van der Waals surface area contributed by atoms with Crippen LogP contribution in [0.5, 0.6) is 0 Å². The van der Waals surface area contributed by atoms with Crippen molar-refractivity contribution in [3.05, 3.63) is 0 Å². The van der Waals surface area contributed by atoms with Crippen LogP contribution in [-0.2, 0) is 4.79 Å². The van der Waals surface area contributed by atoms with E-state index in [2.05, 4.69) is 0 Å². The van der Waals surface area contributed by atoms with Crippen molar-refractivity contribution in [3.8, 4) is 6.07 Å². The molecule has 0 aliphatic heterocycles. The molecule has 0 spiro atoms. The van der Waals surface area contributed by atoms with Crippen molar-refractivity contribution in [1.29, 1.82) is 5.26 Å². The molecule has 1 amide bonds. The third-order valence-electron chi connectivity index (χ3n) is 1.71. The lowest BCUT2D eigenvalue weighted by Gasteiger charge is -2.01. The normalized spacial score (nSPS) is 13.0.